The zero-order valence-electron chi connectivity index (χ0n) is 9.89. The van der Waals surface area contributed by atoms with Crippen LogP contribution in [-0.2, 0) is 0 Å². The molecule has 1 unspecified atom stereocenters. The van der Waals surface area contributed by atoms with Crippen LogP contribution in [0, 0.1) is 6.92 Å². The molecule has 2 heteroatoms. The highest BCUT2D eigenvalue weighted by Gasteiger charge is 2.23. The minimum Gasteiger partial charge on any atom is -0.383 e. The van der Waals surface area contributed by atoms with Gasteiger partial charge in [0.1, 0.15) is 6.10 Å². The van der Waals surface area contributed by atoms with E-state index in [2.05, 4.69) is 37.3 Å². The van der Waals surface area contributed by atoms with Gasteiger partial charge in [0.15, 0.2) is 0 Å². The molecule has 1 saturated carbocycles. The lowest BCUT2D eigenvalue weighted by atomic mass is 10.0. The molecule has 17 heavy (non-hydrogen) atoms. The summed E-state index contributed by atoms with van der Waals surface area (Å²) in [7, 11) is 0. The Labute approximate surface area is 106 Å². The van der Waals surface area contributed by atoms with Gasteiger partial charge < -0.3 is 5.11 Å². The summed E-state index contributed by atoms with van der Waals surface area (Å²) in [6, 6.07) is 12.5. The summed E-state index contributed by atoms with van der Waals surface area (Å²) >= 11 is 1.66. The van der Waals surface area contributed by atoms with Gasteiger partial charge in [-0.25, -0.2) is 0 Å². The highest BCUT2D eigenvalue weighted by atomic mass is 32.1. The van der Waals surface area contributed by atoms with Gasteiger partial charge in [-0.1, -0.05) is 24.3 Å². The van der Waals surface area contributed by atoms with Crippen LogP contribution in [0.3, 0.4) is 0 Å². The van der Waals surface area contributed by atoms with Crippen LogP contribution >= 0.6 is 11.3 Å². The Balaban J connectivity index is 1.83. The van der Waals surface area contributed by atoms with Crippen LogP contribution in [0.2, 0.25) is 0 Å². The summed E-state index contributed by atoms with van der Waals surface area (Å²) in [6.45, 7) is 2.07. The quantitative estimate of drug-likeness (QED) is 0.864. The van der Waals surface area contributed by atoms with Crippen LogP contribution < -0.4 is 0 Å². The van der Waals surface area contributed by atoms with Crippen LogP contribution in [0.1, 0.15) is 45.7 Å². The molecule has 1 aliphatic carbocycles. The van der Waals surface area contributed by atoms with Crippen LogP contribution in [0.4, 0.5) is 0 Å². The fraction of sp³-hybridized carbons (Fsp3) is 0.333. The SMILES string of the molecule is Cc1ccc(C(O)c2ccc(C3CC3)cc2)s1. The van der Waals surface area contributed by atoms with E-state index in [0.29, 0.717) is 0 Å². The molecule has 1 aromatic heterocycles. The van der Waals surface area contributed by atoms with Crippen LogP contribution in [0.15, 0.2) is 36.4 Å². The third kappa shape index (κ3) is 2.28. The molecule has 0 aliphatic heterocycles. The van der Waals surface area contributed by atoms with Crippen molar-refractivity contribution in [1.82, 2.24) is 0 Å². The molecule has 0 saturated heterocycles. The average molecular weight is 244 g/mol. The van der Waals surface area contributed by atoms with E-state index in [1.54, 1.807) is 11.3 Å². The first-order valence-corrected chi connectivity index (χ1v) is 6.90. The lowest BCUT2D eigenvalue weighted by Gasteiger charge is -2.09. The molecule has 3 rings (SSSR count). The van der Waals surface area contributed by atoms with E-state index in [0.717, 1.165) is 16.4 Å². The lowest BCUT2D eigenvalue weighted by molar-refractivity contribution is 0.224. The molecular formula is C15H16OS. The molecular weight excluding hydrogens is 228 g/mol. The minimum atomic E-state index is -0.470. The molecule has 0 spiro atoms. The molecule has 88 valence electrons. The summed E-state index contributed by atoms with van der Waals surface area (Å²) in [6.07, 6.45) is 2.18. The largest absolute Gasteiger partial charge is 0.383 e. The number of aliphatic hydroxyl groups is 1. The van der Waals surface area contributed by atoms with Crippen molar-refractivity contribution in [2.24, 2.45) is 0 Å². The number of hydrogen-bond acceptors (Lipinski definition) is 2. The first-order chi connectivity index (χ1) is 8.24. The molecule has 1 aromatic carbocycles. The number of thiophene rings is 1. The second-order valence-electron chi connectivity index (χ2n) is 4.79. The summed E-state index contributed by atoms with van der Waals surface area (Å²) in [4.78, 5) is 2.27. The van der Waals surface area contributed by atoms with Crippen molar-refractivity contribution >= 4 is 11.3 Å². The van der Waals surface area contributed by atoms with Gasteiger partial charge in [0.2, 0.25) is 0 Å². The zero-order valence-corrected chi connectivity index (χ0v) is 10.7. The average Bonchev–Trinajstić information content (AvgIpc) is 3.11. The summed E-state index contributed by atoms with van der Waals surface area (Å²) in [5, 5.41) is 10.3. The Hall–Kier alpha value is -1.12. The molecule has 1 nitrogen and oxygen atoms in total. The molecule has 1 fully saturated rings. The van der Waals surface area contributed by atoms with E-state index in [4.69, 9.17) is 0 Å². The van der Waals surface area contributed by atoms with Crippen LogP contribution in [-0.4, -0.2) is 5.11 Å². The predicted octanol–water partition coefficient (Wildman–Crippen LogP) is 4.02. The molecule has 0 radical (unpaired) electrons. The van der Waals surface area contributed by atoms with E-state index in [9.17, 15) is 5.11 Å². The second kappa shape index (κ2) is 4.28. The van der Waals surface area contributed by atoms with Crippen molar-refractivity contribution in [2.45, 2.75) is 31.8 Å². The predicted molar refractivity (Wildman–Crippen MR) is 71.5 cm³/mol. The maximum atomic E-state index is 10.3. The molecule has 0 bridgehead atoms. The van der Waals surface area contributed by atoms with Crippen LogP contribution in [0.5, 0.6) is 0 Å². The van der Waals surface area contributed by atoms with E-state index < -0.39 is 6.10 Å². The third-order valence-electron chi connectivity index (χ3n) is 3.33. The molecule has 1 aliphatic rings. The highest BCUT2D eigenvalue weighted by Crippen LogP contribution is 2.40. The van der Waals surface area contributed by atoms with Gasteiger partial charge >= 0.3 is 0 Å². The van der Waals surface area contributed by atoms with Gasteiger partial charge in [-0.2, -0.15) is 0 Å². The standard InChI is InChI=1S/C15H16OS/c1-10-2-9-14(17-10)15(16)13-7-5-12(6-8-13)11-3-4-11/h2,5-9,11,15-16H,3-4H2,1H3. The van der Waals surface area contributed by atoms with Gasteiger partial charge in [0.05, 0.1) is 0 Å². The van der Waals surface area contributed by atoms with Crippen molar-refractivity contribution in [3.63, 3.8) is 0 Å². The van der Waals surface area contributed by atoms with Crippen LogP contribution in [0.25, 0.3) is 0 Å². The Bertz CT molecular complexity index is 508. The Kier molecular flexibility index (Phi) is 2.77. The van der Waals surface area contributed by atoms with Gasteiger partial charge in [0, 0.05) is 9.75 Å². The maximum Gasteiger partial charge on any atom is 0.113 e. The third-order valence-corrected chi connectivity index (χ3v) is 4.38. The van der Waals surface area contributed by atoms with Gasteiger partial charge in [0.25, 0.3) is 0 Å². The van der Waals surface area contributed by atoms with Gasteiger partial charge in [-0.05, 0) is 48.9 Å². The summed E-state index contributed by atoms with van der Waals surface area (Å²) < 4.78 is 0. The fourth-order valence-electron chi connectivity index (χ4n) is 2.13. The number of hydrogen-bond donors (Lipinski definition) is 1. The van der Waals surface area contributed by atoms with Crippen molar-refractivity contribution in [3.05, 3.63) is 57.3 Å². The second-order valence-corrected chi connectivity index (χ2v) is 6.11. The highest BCUT2D eigenvalue weighted by molar-refractivity contribution is 7.12. The van der Waals surface area contributed by atoms with Crippen molar-refractivity contribution in [3.8, 4) is 0 Å². The number of rotatable bonds is 3. The molecule has 1 N–H and O–H groups in total. The summed E-state index contributed by atoms with van der Waals surface area (Å²) in [5.74, 6) is 0.783. The fourth-order valence-corrected chi connectivity index (χ4v) is 3.02. The number of aliphatic hydroxyl groups excluding tert-OH is 1. The number of aryl methyl sites for hydroxylation is 1. The van der Waals surface area contributed by atoms with E-state index >= 15 is 0 Å². The smallest absolute Gasteiger partial charge is 0.113 e. The molecule has 2 aromatic rings. The first-order valence-electron chi connectivity index (χ1n) is 6.08. The van der Waals surface area contributed by atoms with Crippen molar-refractivity contribution in [2.75, 3.05) is 0 Å². The van der Waals surface area contributed by atoms with E-state index in [1.807, 2.05) is 6.07 Å². The molecule has 1 heterocycles. The van der Waals surface area contributed by atoms with Crippen molar-refractivity contribution in [1.29, 1.82) is 0 Å². The Morgan fingerprint density at radius 1 is 1.12 bits per heavy atom. The van der Waals surface area contributed by atoms with E-state index in [1.165, 1.54) is 23.3 Å². The normalized spacial score (nSPS) is 17.1. The molecule has 0 amide bonds. The Morgan fingerprint density at radius 3 is 2.35 bits per heavy atom. The topological polar surface area (TPSA) is 20.2 Å². The molecule has 1 atom stereocenters. The minimum absolute atomic E-state index is 0.470. The Morgan fingerprint density at radius 2 is 1.82 bits per heavy atom. The van der Waals surface area contributed by atoms with Gasteiger partial charge in [-0.3, -0.25) is 0 Å². The summed E-state index contributed by atoms with van der Waals surface area (Å²) in [5.41, 5.74) is 2.42. The van der Waals surface area contributed by atoms with E-state index in [-0.39, 0.29) is 0 Å². The monoisotopic (exact) mass is 244 g/mol. The van der Waals surface area contributed by atoms with Gasteiger partial charge in [-0.15, -0.1) is 11.3 Å². The number of benzene rings is 1. The van der Waals surface area contributed by atoms with Crippen molar-refractivity contribution < 1.29 is 5.11 Å². The maximum absolute atomic E-state index is 10.3. The lowest BCUT2D eigenvalue weighted by Crippen LogP contribution is -1.96. The zero-order chi connectivity index (χ0) is 11.8. The first kappa shape index (κ1) is 11.0.